The van der Waals surface area contributed by atoms with Gasteiger partial charge in [0.05, 0.1) is 0 Å². The first-order chi connectivity index (χ1) is 46.6. The number of benzene rings is 10. The minimum absolute atomic E-state index is 0. The summed E-state index contributed by atoms with van der Waals surface area (Å²) in [5.41, 5.74) is -12.6. The van der Waals surface area contributed by atoms with Gasteiger partial charge in [0.2, 0.25) is 0 Å². The SMILES string of the molecule is CCCCC.Fc1c(F)c(F)c([N-]c2c(F)c(F)c(F)c(F)c2F)c(F)c1F.Fc1c(F)c(F)c([N-]c2c(F)c(F)c(F)c(F)c2F)c(F)c1F.Fc1c(F)c(F)c([N-]c2c(F)c(F)c(F)c(F)c2F)c(F)c1F.[Cl-].[Ga+3].c1ccc([As+](c2ccccc2)(c2ccccc2)c2ccccc2)cc1. The van der Waals surface area contributed by atoms with Gasteiger partial charge in [0.15, 0.2) is 105 Å². The molecule has 0 aliphatic rings. The molecule has 0 spiro atoms. The maximum absolute atomic E-state index is 13.3. The number of halogens is 31. The Morgan fingerprint density at radius 1 is 0.198 bits per heavy atom. The Bertz CT molecular complexity index is 3740. The molecule has 0 saturated carbocycles. The molecule has 0 heterocycles. The van der Waals surface area contributed by atoms with Gasteiger partial charge in [-0.05, 0) is 0 Å². The molecular weight excluding hydrogens is 1570 g/mol. The minimum atomic E-state index is -2.77. The van der Waals surface area contributed by atoms with Crippen molar-refractivity contribution in [2.75, 3.05) is 0 Å². The predicted octanol–water partition coefficient (Wildman–Crippen LogP) is 18.1. The summed E-state index contributed by atoms with van der Waals surface area (Å²) in [4.78, 5) is 0. The van der Waals surface area contributed by atoms with E-state index in [1.165, 1.54) is 36.7 Å². The molecule has 0 aliphatic heterocycles. The van der Waals surface area contributed by atoms with Crippen LogP contribution in [0.4, 0.5) is 166 Å². The Hall–Kier alpha value is -9.02. The zero-order chi connectivity index (χ0) is 74.0. The number of rotatable bonds is 12. The van der Waals surface area contributed by atoms with Crippen molar-refractivity contribution in [3.63, 3.8) is 0 Å². The third kappa shape index (κ3) is 17.1. The molecule has 0 unspecified atom stereocenters. The molecule has 0 bridgehead atoms. The van der Waals surface area contributed by atoms with E-state index in [1.807, 2.05) is 0 Å². The van der Waals surface area contributed by atoms with Crippen LogP contribution in [0.25, 0.3) is 16.0 Å². The first kappa shape index (κ1) is 84.4. The molecule has 0 amide bonds. The van der Waals surface area contributed by atoms with Crippen molar-refractivity contribution in [2.24, 2.45) is 0 Å². The number of hydrogen-bond donors (Lipinski definition) is 0. The fraction of sp³-hybridized carbons (Fsp3) is 0.0769. The normalized spacial score (nSPS) is 10.7. The Labute approximate surface area is 571 Å². The summed E-state index contributed by atoms with van der Waals surface area (Å²) in [5.74, 6) is -76.9. The van der Waals surface area contributed by atoms with Crippen LogP contribution in [0.3, 0.4) is 0 Å². The van der Waals surface area contributed by atoms with Crippen molar-refractivity contribution in [3.05, 3.63) is 312 Å². The van der Waals surface area contributed by atoms with Crippen LogP contribution in [0.1, 0.15) is 33.1 Å². The summed E-state index contributed by atoms with van der Waals surface area (Å²) in [5, 5.41) is 7.11. The fourth-order valence-electron chi connectivity index (χ4n) is 8.34. The summed E-state index contributed by atoms with van der Waals surface area (Å²) in [6, 6.07) is 44.2. The van der Waals surface area contributed by atoms with E-state index in [1.54, 1.807) is 0 Å². The molecule has 0 atom stereocenters. The molecule has 0 saturated heterocycles. The Balaban J connectivity index is 0.000000277. The van der Waals surface area contributed by atoms with E-state index in [2.05, 4.69) is 151 Å². The Morgan fingerprint density at radius 3 is 0.406 bits per heavy atom. The maximum atomic E-state index is 13.3. The number of unbranched alkanes of at least 4 members (excludes halogenated alkanes) is 2. The van der Waals surface area contributed by atoms with Crippen LogP contribution in [0.15, 0.2) is 121 Å². The zero-order valence-corrected chi connectivity index (χ0v) is 54.8. The van der Waals surface area contributed by atoms with Crippen molar-refractivity contribution >= 4 is 84.9 Å². The summed E-state index contributed by atoms with van der Waals surface area (Å²) in [6.45, 7) is 4.42. The standard InChI is InChI=1S/C24H20As.3C12F10N.C5H12.ClH.Ga/c1-5-13-21(14-6-1)25(22-15-7-2-8-16-22,23-17-9-3-10-18-23)24-19-11-4-12-20-24;3*13-1-3(15)7(19)11(8(20)4(1)16)23-12-9(21)5(17)2(14)6(18)10(12)22;1-3-5-4-2;;/h1-20H;;;;3-5H2,1-2H3;1H;/q+1;3*-1;;;+3/p-1. The molecule has 532 valence electrons. The van der Waals surface area contributed by atoms with Gasteiger partial charge >= 0.3 is 172 Å². The molecule has 3 nitrogen and oxygen atoms in total. The van der Waals surface area contributed by atoms with Gasteiger partial charge in [-0.25, -0.2) is 132 Å². The average molecular weight is 1610 g/mol. The monoisotopic (exact) mass is 1600 g/mol. The van der Waals surface area contributed by atoms with Crippen LogP contribution >= 0.6 is 0 Å². The van der Waals surface area contributed by atoms with Crippen molar-refractivity contribution in [1.29, 1.82) is 0 Å². The second-order valence-electron chi connectivity index (χ2n) is 19.2. The van der Waals surface area contributed by atoms with Gasteiger partial charge in [-0.3, -0.25) is 0 Å². The second kappa shape index (κ2) is 36.0. The van der Waals surface area contributed by atoms with E-state index in [0.29, 0.717) is 0 Å². The molecule has 0 aliphatic carbocycles. The molecule has 10 aromatic carbocycles. The predicted molar refractivity (Wildman–Crippen MR) is 306 cm³/mol. The third-order valence-corrected chi connectivity index (χ3v) is 22.1. The first-order valence-corrected chi connectivity index (χ1v) is 30.7. The third-order valence-electron chi connectivity index (χ3n) is 13.1. The van der Waals surface area contributed by atoms with Crippen LogP contribution in [0.5, 0.6) is 0 Å². The zero-order valence-electron chi connectivity index (χ0n) is 49.8. The Kier molecular flexibility index (Phi) is 30.1. The molecule has 0 aromatic heterocycles. The van der Waals surface area contributed by atoms with Crippen LogP contribution in [-0.2, 0) is 0 Å². The molecule has 101 heavy (non-hydrogen) atoms. The van der Waals surface area contributed by atoms with Gasteiger partial charge in [0, 0.05) is 0 Å². The van der Waals surface area contributed by atoms with Crippen molar-refractivity contribution in [3.8, 4) is 0 Å². The quantitative estimate of drug-likeness (QED) is 0.0506. The average Bonchev–Trinajstić information content (AvgIpc) is 0.741. The van der Waals surface area contributed by atoms with Gasteiger partial charge in [-0.15, -0.1) is 0 Å². The second-order valence-corrected chi connectivity index (χ2v) is 26.4. The van der Waals surface area contributed by atoms with Crippen molar-refractivity contribution in [2.45, 2.75) is 33.1 Å². The topological polar surface area (TPSA) is 42.3 Å². The summed E-state index contributed by atoms with van der Waals surface area (Å²) < 4.78 is 397. The van der Waals surface area contributed by atoms with Crippen LogP contribution in [0.2, 0.25) is 0 Å². The van der Waals surface area contributed by atoms with Gasteiger partial charge in [0.25, 0.3) is 0 Å². The van der Waals surface area contributed by atoms with Crippen molar-refractivity contribution in [1.82, 2.24) is 0 Å². The fourth-order valence-corrected chi connectivity index (χ4v) is 17.3. The van der Waals surface area contributed by atoms with E-state index >= 15 is 0 Å². The van der Waals surface area contributed by atoms with E-state index in [0.717, 1.165) is 0 Å². The first-order valence-electron chi connectivity index (χ1n) is 27.0. The molecular formula is C65H32AsClF30GaN3. The van der Waals surface area contributed by atoms with Gasteiger partial charge in [0.1, 0.15) is 69.8 Å². The molecule has 10 aromatic rings. The Morgan fingerprint density at radius 2 is 0.307 bits per heavy atom. The van der Waals surface area contributed by atoms with Gasteiger partial charge in [-0.1, -0.05) is 67.2 Å². The summed E-state index contributed by atoms with van der Waals surface area (Å²) in [6.07, 6.45) is 4.08. The van der Waals surface area contributed by atoms with Gasteiger partial charge in [-0.2, -0.15) is 0 Å². The molecule has 36 heteroatoms. The van der Waals surface area contributed by atoms with Crippen LogP contribution < -0.4 is 29.8 Å². The summed E-state index contributed by atoms with van der Waals surface area (Å²) >= 11 is -2.77. The summed E-state index contributed by atoms with van der Waals surface area (Å²) in [7, 11) is 0. The molecule has 10 rings (SSSR count). The van der Waals surface area contributed by atoms with E-state index < -0.39 is 222 Å². The van der Waals surface area contributed by atoms with E-state index in [4.69, 9.17) is 0 Å². The van der Waals surface area contributed by atoms with Gasteiger partial charge < -0.3 is 28.4 Å². The van der Waals surface area contributed by atoms with Crippen LogP contribution in [-0.4, -0.2) is 33.3 Å². The van der Waals surface area contributed by atoms with E-state index in [9.17, 15) is 132 Å². The molecule has 0 radical (unpaired) electrons. The van der Waals surface area contributed by atoms with Crippen molar-refractivity contribution < 1.29 is 144 Å². The molecule has 0 fully saturated rings. The number of nitrogens with zero attached hydrogens (tertiary/aromatic N) is 3. The number of hydrogen-bond acceptors (Lipinski definition) is 0. The van der Waals surface area contributed by atoms with Crippen LogP contribution in [0, 0.1) is 175 Å². The van der Waals surface area contributed by atoms with E-state index in [-0.39, 0.29) is 32.2 Å². The molecule has 0 N–H and O–H groups in total.